The summed E-state index contributed by atoms with van der Waals surface area (Å²) in [4.78, 5) is 34.7. The van der Waals surface area contributed by atoms with Crippen LogP contribution in [-0.2, 0) is 16.4 Å². The second-order valence-corrected chi connectivity index (χ2v) is 8.43. The van der Waals surface area contributed by atoms with Crippen LogP contribution in [-0.4, -0.2) is 33.8 Å². The molecule has 3 aromatic heterocycles. The summed E-state index contributed by atoms with van der Waals surface area (Å²) in [6.07, 6.45) is 4.08. The first-order valence-corrected chi connectivity index (χ1v) is 10.6. The summed E-state index contributed by atoms with van der Waals surface area (Å²) in [7, 11) is -3.64. The second kappa shape index (κ2) is 7.10. The van der Waals surface area contributed by atoms with Gasteiger partial charge in [-0.3, -0.25) is 14.3 Å². The molecule has 9 heteroatoms. The lowest BCUT2D eigenvalue weighted by atomic mass is 10.2. The van der Waals surface area contributed by atoms with Crippen molar-refractivity contribution < 1.29 is 8.42 Å². The lowest BCUT2D eigenvalue weighted by Gasteiger charge is -2.15. The molecule has 0 aliphatic heterocycles. The molecule has 1 aromatic carbocycles. The van der Waals surface area contributed by atoms with Crippen molar-refractivity contribution in [3.63, 3.8) is 0 Å². The molecule has 0 N–H and O–H groups in total. The molecule has 0 spiro atoms. The predicted octanol–water partition coefficient (Wildman–Crippen LogP) is 1.39. The fraction of sp³-hybridized carbons (Fsp3) is 0.100. The number of rotatable bonds is 4. The van der Waals surface area contributed by atoms with Crippen molar-refractivity contribution in [2.24, 2.45) is 0 Å². The quantitative estimate of drug-likeness (QED) is 0.506. The Bertz CT molecular complexity index is 1440. The lowest BCUT2D eigenvalue weighted by molar-refractivity contribution is 0.600. The van der Waals surface area contributed by atoms with Gasteiger partial charge in [0.1, 0.15) is 0 Å². The van der Waals surface area contributed by atoms with Crippen molar-refractivity contribution in [2.75, 3.05) is 6.26 Å². The molecule has 4 rings (SSSR count). The maximum atomic E-state index is 13.4. The van der Waals surface area contributed by atoms with Crippen LogP contribution in [0.4, 0.5) is 0 Å². The van der Waals surface area contributed by atoms with E-state index >= 15 is 0 Å². The number of hydrogen-bond donors (Lipinski definition) is 0. The molecule has 0 saturated carbocycles. The zero-order valence-electron chi connectivity index (χ0n) is 15.4. The minimum absolute atomic E-state index is 0.0305. The normalized spacial score (nSPS) is 11.6. The van der Waals surface area contributed by atoms with Crippen LogP contribution in [0.25, 0.3) is 16.7 Å². The number of hydrogen-bond acceptors (Lipinski definition) is 6. The predicted molar refractivity (Wildman–Crippen MR) is 108 cm³/mol. The number of para-hydroxylation sites is 1. The Morgan fingerprint density at radius 1 is 0.897 bits per heavy atom. The van der Waals surface area contributed by atoms with E-state index in [1.54, 1.807) is 48.7 Å². The molecule has 8 nitrogen and oxygen atoms in total. The Morgan fingerprint density at radius 3 is 2.34 bits per heavy atom. The first kappa shape index (κ1) is 18.8. The molecule has 146 valence electrons. The molecule has 0 aliphatic carbocycles. The maximum Gasteiger partial charge on any atom is 0.337 e. The highest BCUT2D eigenvalue weighted by Gasteiger charge is 2.21. The average molecular weight is 408 g/mol. The molecule has 29 heavy (non-hydrogen) atoms. The highest BCUT2D eigenvalue weighted by atomic mass is 32.2. The molecule has 0 aliphatic rings. The van der Waals surface area contributed by atoms with Crippen molar-refractivity contribution in [1.82, 2.24) is 19.1 Å². The SMILES string of the molecule is CS(=O)(=O)c1ccccc1-n1c(=O)n(Cc2ccccn2)c(=O)c2cccnc21. The van der Waals surface area contributed by atoms with Gasteiger partial charge in [-0.05, 0) is 36.4 Å². The molecule has 0 amide bonds. The molecule has 0 bridgehead atoms. The average Bonchev–Trinajstić information content (AvgIpc) is 2.72. The van der Waals surface area contributed by atoms with Crippen LogP contribution in [0.5, 0.6) is 0 Å². The topological polar surface area (TPSA) is 104 Å². The largest absolute Gasteiger partial charge is 0.337 e. The smallest absolute Gasteiger partial charge is 0.268 e. The third-order valence-electron chi connectivity index (χ3n) is 4.45. The number of sulfone groups is 1. The zero-order chi connectivity index (χ0) is 20.6. The second-order valence-electron chi connectivity index (χ2n) is 6.44. The summed E-state index contributed by atoms with van der Waals surface area (Å²) in [6, 6.07) is 14.5. The third-order valence-corrected chi connectivity index (χ3v) is 5.59. The van der Waals surface area contributed by atoms with Gasteiger partial charge in [0.2, 0.25) is 0 Å². The van der Waals surface area contributed by atoms with Crippen molar-refractivity contribution in [3.8, 4) is 5.69 Å². The lowest BCUT2D eigenvalue weighted by Crippen LogP contribution is -2.40. The van der Waals surface area contributed by atoms with E-state index in [1.165, 1.54) is 18.3 Å². The molecule has 0 radical (unpaired) electrons. The molecule has 0 saturated heterocycles. The molecular weight excluding hydrogens is 392 g/mol. The van der Waals surface area contributed by atoms with Gasteiger partial charge in [-0.15, -0.1) is 0 Å². The number of benzene rings is 1. The van der Waals surface area contributed by atoms with E-state index in [-0.39, 0.29) is 28.2 Å². The molecule has 0 fully saturated rings. The van der Waals surface area contributed by atoms with Crippen LogP contribution in [0.2, 0.25) is 0 Å². The van der Waals surface area contributed by atoms with Crippen molar-refractivity contribution in [1.29, 1.82) is 0 Å². The van der Waals surface area contributed by atoms with Gasteiger partial charge in [0.15, 0.2) is 15.5 Å². The van der Waals surface area contributed by atoms with Gasteiger partial charge in [0, 0.05) is 18.6 Å². The Hall–Kier alpha value is -3.59. The van der Waals surface area contributed by atoms with Crippen molar-refractivity contribution in [2.45, 2.75) is 11.4 Å². The Kier molecular flexibility index (Phi) is 4.59. The fourth-order valence-corrected chi connectivity index (χ4v) is 4.02. The monoisotopic (exact) mass is 408 g/mol. The fourth-order valence-electron chi connectivity index (χ4n) is 3.15. The summed E-state index contributed by atoms with van der Waals surface area (Å²) in [6.45, 7) is -0.0512. The van der Waals surface area contributed by atoms with Gasteiger partial charge in [-0.1, -0.05) is 18.2 Å². The van der Waals surface area contributed by atoms with E-state index in [4.69, 9.17) is 0 Å². The minimum atomic E-state index is -3.64. The van der Waals surface area contributed by atoms with Crippen LogP contribution in [0.15, 0.2) is 81.5 Å². The van der Waals surface area contributed by atoms with Crippen LogP contribution in [0.3, 0.4) is 0 Å². The number of aromatic nitrogens is 4. The van der Waals surface area contributed by atoms with E-state index in [2.05, 4.69) is 9.97 Å². The third kappa shape index (κ3) is 3.36. The van der Waals surface area contributed by atoms with Gasteiger partial charge in [0.05, 0.1) is 28.2 Å². The molecule has 0 unspecified atom stereocenters. The van der Waals surface area contributed by atoms with Gasteiger partial charge >= 0.3 is 5.69 Å². The van der Waals surface area contributed by atoms with Gasteiger partial charge < -0.3 is 0 Å². The first-order valence-electron chi connectivity index (χ1n) is 8.68. The highest BCUT2D eigenvalue weighted by molar-refractivity contribution is 7.90. The van der Waals surface area contributed by atoms with E-state index in [1.807, 2.05) is 0 Å². The van der Waals surface area contributed by atoms with Gasteiger partial charge in [-0.25, -0.2) is 22.8 Å². The standard InChI is InChI=1S/C20H16N4O4S/c1-29(27,28)17-10-3-2-9-16(17)24-18-15(8-6-12-22-18)19(25)23(20(24)26)13-14-7-4-5-11-21-14/h2-12H,13H2,1H3. The summed E-state index contributed by atoms with van der Waals surface area (Å²) in [5.74, 6) is 0. The van der Waals surface area contributed by atoms with Crippen LogP contribution >= 0.6 is 0 Å². The van der Waals surface area contributed by atoms with Gasteiger partial charge in [0.25, 0.3) is 5.56 Å². The van der Waals surface area contributed by atoms with E-state index in [0.29, 0.717) is 5.69 Å². The highest BCUT2D eigenvalue weighted by Crippen LogP contribution is 2.20. The summed E-state index contributed by atoms with van der Waals surface area (Å²) < 4.78 is 26.8. The maximum absolute atomic E-state index is 13.4. The first-order chi connectivity index (χ1) is 13.9. The molecule has 3 heterocycles. The van der Waals surface area contributed by atoms with Crippen LogP contribution in [0.1, 0.15) is 5.69 Å². The minimum Gasteiger partial charge on any atom is -0.268 e. The summed E-state index contributed by atoms with van der Waals surface area (Å²) in [5, 5.41) is 0.200. The summed E-state index contributed by atoms with van der Waals surface area (Å²) in [5.41, 5.74) is -0.452. The number of nitrogens with zero attached hydrogens (tertiary/aromatic N) is 4. The number of pyridine rings is 2. The van der Waals surface area contributed by atoms with Crippen molar-refractivity contribution in [3.05, 3.63) is 93.5 Å². The Labute approximate surface area is 165 Å². The van der Waals surface area contributed by atoms with Gasteiger partial charge in [-0.2, -0.15) is 0 Å². The zero-order valence-corrected chi connectivity index (χ0v) is 16.2. The van der Waals surface area contributed by atoms with E-state index in [0.717, 1.165) is 15.4 Å². The van der Waals surface area contributed by atoms with Crippen molar-refractivity contribution >= 4 is 20.9 Å². The molecular formula is C20H16N4O4S. The Morgan fingerprint density at radius 2 is 1.62 bits per heavy atom. The van der Waals surface area contributed by atoms with E-state index < -0.39 is 21.1 Å². The molecule has 4 aromatic rings. The molecule has 0 atom stereocenters. The van der Waals surface area contributed by atoms with Crippen LogP contribution < -0.4 is 11.2 Å². The Balaban J connectivity index is 2.11. The van der Waals surface area contributed by atoms with Crippen LogP contribution in [0, 0.1) is 0 Å². The van der Waals surface area contributed by atoms with E-state index in [9.17, 15) is 18.0 Å². The number of fused-ring (bicyclic) bond motifs is 1. The summed E-state index contributed by atoms with van der Waals surface area (Å²) >= 11 is 0.